The van der Waals surface area contributed by atoms with Crippen LogP contribution in [0.1, 0.15) is 72.1 Å². The van der Waals surface area contributed by atoms with Crippen LogP contribution in [0.2, 0.25) is 19.6 Å². The largest absolute Gasteiger partial charge is 0.472 e. The molecule has 3 aliphatic carbocycles. The fourth-order valence-electron chi connectivity index (χ4n) is 7.34. The number of hydrogen-bond donors (Lipinski definition) is 4. The van der Waals surface area contributed by atoms with E-state index in [1.165, 1.54) is 11.0 Å². The smallest absolute Gasteiger partial charge is 0.408 e. The molecule has 15 nitrogen and oxygen atoms in total. The van der Waals surface area contributed by atoms with E-state index in [4.69, 9.17) is 19.4 Å². The van der Waals surface area contributed by atoms with Gasteiger partial charge in [0, 0.05) is 30.1 Å². The number of aromatic nitrogens is 2. The Bertz CT molecular complexity index is 1960. The van der Waals surface area contributed by atoms with Gasteiger partial charge in [-0.1, -0.05) is 76.8 Å². The Morgan fingerprint density at radius 3 is 2.32 bits per heavy atom. The maximum atomic E-state index is 14.7. The molecule has 2 heterocycles. The normalized spacial score (nSPS) is 24.2. The summed E-state index contributed by atoms with van der Waals surface area (Å²) in [5, 5.41) is 8.39. The second-order valence-corrected chi connectivity index (χ2v) is 25.6. The molecular weight excluding hydrogens is 767 g/mol. The van der Waals surface area contributed by atoms with Gasteiger partial charge in [0.05, 0.1) is 19.9 Å². The number of hydrogen-bond acceptors (Lipinski definition) is 11. The third kappa shape index (κ3) is 10.3. The molecule has 1 aromatic carbocycles. The van der Waals surface area contributed by atoms with E-state index in [1.807, 2.05) is 51.1 Å². The number of ether oxygens (including phenoxy) is 2. The summed E-state index contributed by atoms with van der Waals surface area (Å²) >= 11 is 0. The first kappa shape index (κ1) is 42.1. The predicted molar refractivity (Wildman–Crippen MR) is 218 cm³/mol. The summed E-state index contributed by atoms with van der Waals surface area (Å²) in [6, 6.07) is 8.91. The summed E-state index contributed by atoms with van der Waals surface area (Å²) in [5.41, 5.74) is -1.59. The van der Waals surface area contributed by atoms with E-state index < -0.39 is 82.2 Å². The van der Waals surface area contributed by atoms with Crippen molar-refractivity contribution in [1.29, 1.82) is 0 Å². The molecule has 4 fully saturated rings. The third-order valence-electron chi connectivity index (χ3n) is 10.9. The number of rotatable bonds is 15. The van der Waals surface area contributed by atoms with Crippen molar-refractivity contribution >= 4 is 47.7 Å². The van der Waals surface area contributed by atoms with E-state index in [1.54, 1.807) is 6.07 Å². The molecule has 4 amide bonds. The number of nitrogens with zero attached hydrogens (tertiary/aromatic N) is 3. The minimum absolute atomic E-state index is 0.0140. The summed E-state index contributed by atoms with van der Waals surface area (Å²) in [7, 11) is -5.44. The van der Waals surface area contributed by atoms with Crippen molar-refractivity contribution in [3.8, 4) is 17.3 Å². The second kappa shape index (κ2) is 16.4. The molecule has 3 saturated carbocycles. The van der Waals surface area contributed by atoms with Gasteiger partial charge in [0.1, 0.15) is 35.6 Å². The van der Waals surface area contributed by atoms with Crippen molar-refractivity contribution < 1.29 is 37.1 Å². The number of benzene rings is 1. The van der Waals surface area contributed by atoms with Crippen molar-refractivity contribution in [2.75, 3.05) is 18.0 Å². The minimum Gasteiger partial charge on any atom is -0.472 e. The molecule has 5 atom stereocenters. The highest BCUT2D eigenvalue weighted by molar-refractivity contribution is 7.91. The van der Waals surface area contributed by atoms with Gasteiger partial charge in [-0.05, 0) is 50.4 Å². The molecule has 0 bridgehead atoms. The molecule has 2 aromatic rings. The van der Waals surface area contributed by atoms with Crippen LogP contribution in [-0.2, 0) is 29.1 Å². The van der Waals surface area contributed by atoms with Gasteiger partial charge in [-0.15, -0.1) is 6.58 Å². The predicted octanol–water partition coefficient (Wildman–Crippen LogP) is 4.53. The monoisotopic (exact) mass is 823 g/mol. The summed E-state index contributed by atoms with van der Waals surface area (Å²) < 4.78 is 39.9. The van der Waals surface area contributed by atoms with Gasteiger partial charge in [-0.2, -0.15) is 4.98 Å². The lowest BCUT2D eigenvalue weighted by Crippen LogP contribution is -2.60. The van der Waals surface area contributed by atoms with E-state index in [9.17, 15) is 27.6 Å². The number of anilines is 1. The van der Waals surface area contributed by atoms with Gasteiger partial charge in [-0.3, -0.25) is 19.1 Å². The van der Waals surface area contributed by atoms with Gasteiger partial charge in [0.15, 0.2) is 5.82 Å². The molecule has 310 valence electrons. The van der Waals surface area contributed by atoms with E-state index in [0.29, 0.717) is 24.5 Å². The van der Waals surface area contributed by atoms with Gasteiger partial charge in [0.25, 0.3) is 5.91 Å². The lowest BCUT2D eigenvalue weighted by molar-refractivity contribution is -0.143. The first-order valence-corrected chi connectivity index (χ1v) is 25.2. The molecule has 0 spiro atoms. The standard InChI is InChI=1S/C40H57N7O8SSi/c1-8-26-22-40(26,37(50)46-56(52,53)29-18-19-29)45-35(48)30-20-28(23-47(30)36(49)33(39(2,3)4)44-38(51)55-27-16-12-13-17-27)54-32-21-31(41-24-57(5,6)7)42-34(43-32)25-14-10-9-11-15-25/h8-11,14-15,21,26-30,33H,1,12-13,16-20,22-24H2,2-7H3,(H,44,51)(H,45,48)(H,46,50)(H,41,42,43)/t26?,28-,30+,33-,40-/m1/s1. The minimum atomic E-state index is -3.91. The SMILES string of the molecule is C=CC1C[C@]1(NC(=O)[C@@H]1C[C@@H](Oc2cc(NC[Si](C)(C)C)nc(-c3ccccc3)n2)CN1C(=O)[C@@H](NC(=O)OC1CCCC1)C(C)(C)C)C(=O)NS(=O)(=O)C1CC1. The lowest BCUT2D eigenvalue weighted by atomic mass is 9.85. The van der Waals surface area contributed by atoms with Crippen molar-refractivity contribution in [3.05, 3.63) is 49.1 Å². The Morgan fingerprint density at radius 2 is 1.72 bits per heavy atom. The van der Waals surface area contributed by atoms with Crippen LogP contribution in [0.15, 0.2) is 49.1 Å². The fourth-order valence-corrected chi connectivity index (χ4v) is 9.41. The summed E-state index contributed by atoms with van der Waals surface area (Å²) in [6.07, 6.45) is 5.07. The van der Waals surface area contributed by atoms with E-state index >= 15 is 0 Å². The highest BCUT2D eigenvalue weighted by atomic mass is 32.2. The molecule has 6 rings (SSSR count). The van der Waals surface area contributed by atoms with Gasteiger partial charge in [-0.25, -0.2) is 18.2 Å². The topological polar surface area (TPSA) is 198 Å². The molecule has 1 unspecified atom stereocenters. The molecule has 4 N–H and O–H groups in total. The van der Waals surface area contributed by atoms with Crippen molar-refractivity contribution in [3.63, 3.8) is 0 Å². The lowest BCUT2D eigenvalue weighted by Gasteiger charge is -2.35. The quantitative estimate of drug-likeness (QED) is 0.145. The Morgan fingerprint density at radius 1 is 1.04 bits per heavy atom. The molecule has 1 aromatic heterocycles. The molecule has 1 aliphatic heterocycles. The summed E-state index contributed by atoms with van der Waals surface area (Å²) in [5.74, 6) is -1.33. The number of sulfonamides is 1. The third-order valence-corrected chi connectivity index (χ3v) is 13.9. The van der Waals surface area contributed by atoms with E-state index in [2.05, 4.69) is 46.9 Å². The van der Waals surface area contributed by atoms with E-state index in [-0.39, 0.29) is 31.4 Å². The number of likely N-dealkylation sites (tertiary alicyclic amines) is 1. The van der Waals surface area contributed by atoms with E-state index in [0.717, 1.165) is 37.4 Å². The van der Waals surface area contributed by atoms with Crippen LogP contribution in [0.4, 0.5) is 10.6 Å². The molecular formula is C40H57N7O8SSi. The highest BCUT2D eigenvalue weighted by Crippen LogP contribution is 2.45. The first-order chi connectivity index (χ1) is 26.8. The van der Waals surface area contributed by atoms with Crippen LogP contribution in [0.5, 0.6) is 5.88 Å². The van der Waals surface area contributed by atoms with Crippen LogP contribution in [0.25, 0.3) is 11.4 Å². The Labute approximate surface area is 336 Å². The highest BCUT2D eigenvalue weighted by Gasteiger charge is 2.62. The molecule has 17 heteroatoms. The maximum Gasteiger partial charge on any atom is 0.408 e. The zero-order valence-electron chi connectivity index (χ0n) is 33.8. The number of carbonyl (C=O) groups is 4. The van der Waals surface area contributed by atoms with Crippen molar-refractivity contribution in [2.45, 2.75) is 127 Å². The number of alkyl carbamates (subject to hydrolysis) is 1. The van der Waals surface area contributed by atoms with Crippen LogP contribution in [0.3, 0.4) is 0 Å². The average Bonchev–Trinajstić information content (AvgIpc) is 4.03. The molecule has 57 heavy (non-hydrogen) atoms. The zero-order chi connectivity index (χ0) is 41.3. The number of nitrogens with one attached hydrogen (secondary N) is 4. The first-order valence-electron chi connectivity index (χ1n) is 19.9. The summed E-state index contributed by atoms with van der Waals surface area (Å²) in [6.45, 7) is 15.9. The Kier molecular flexibility index (Phi) is 12.1. The van der Waals surface area contributed by atoms with Gasteiger partial charge >= 0.3 is 6.09 Å². The molecule has 4 aliphatic rings. The Balaban J connectivity index is 1.29. The van der Waals surface area contributed by atoms with Crippen LogP contribution < -0.4 is 25.4 Å². The Hall–Kier alpha value is -4.51. The summed E-state index contributed by atoms with van der Waals surface area (Å²) in [4.78, 5) is 66.7. The van der Waals surface area contributed by atoms with Gasteiger partial charge < -0.3 is 30.3 Å². The maximum absolute atomic E-state index is 14.7. The number of carbonyl (C=O) groups excluding carboxylic acids is 4. The fraction of sp³-hybridized carbons (Fsp3) is 0.600. The van der Waals surface area contributed by atoms with Crippen molar-refractivity contribution in [2.24, 2.45) is 11.3 Å². The van der Waals surface area contributed by atoms with Crippen LogP contribution in [0, 0.1) is 11.3 Å². The number of amides is 4. The average molecular weight is 824 g/mol. The van der Waals surface area contributed by atoms with Crippen LogP contribution in [-0.4, -0.2) is 103 Å². The second-order valence-electron chi connectivity index (χ2n) is 18.1. The van der Waals surface area contributed by atoms with Crippen LogP contribution >= 0.6 is 0 Å². The molecule has 0 radical (unpaired) electrons. The van der Waals surface area contributed by atoms with Crippen molar-refractivity contribution in [1.82, 2.24) is 30.2 Å². The molecule has 1 saturated heterocycles. The zero-order valence-corrected chi connectivity index (χ0v) is 35.6. The van der Waals surface area contributed by atoms with Gasteiger partial charge in [0.2, 0.25) is 27.7 Å².